The molecule has 4 nitrogen and oxygen atoms in total. The fourth-order valence-electron chi connectivity index (χ4n) is 1.87. The summed E-state index contributed by atoms with van der Waals surface area (Å²) in [5.41, 5.74) is -0.788. The van der Waals surface area contributed by atoms with Crippen LogP contribution in [-0.2, 0) is 12.8 Å². The summed E-state index contributed by atoms with van der Waals surface area (Å²) < 4.78 is 39.8. The molecule has 1 aromatic carbocycles. The van der Waals surface area contributed by atoms with E-state index in [0.717, 1.165) is 4.68 Å². The van der Waals surface area contributed by atoms with Gasteiger partial charge in [0.25, 0.3) is 0 Å². The Kier molecular flexibility index (Phi) is 3.57. The number of nitrogens with zero attached hydrogens (tertiary/aromatic N) is 3. The highest BCUT2D eigenvalue weighted by molar-refractivity contribution is 5.22. The van der Waals surface area contributed by atoms with E-state index < -0.39 is 30.2 Å². The van der Waals surface area contributed by atoms with Crippen molar-refractivity contribution in [2.45, 2.75) is 25.7 Å². The minimum Gasteiger partial charge on any atom is -0.390 e. The lowest BCUT2D eigenvalue weighted by Crippen LogP contribution is -2.20. The lowest BCUT2D eigenvalue weighted by molar-refractivity contribution is -0.145. The number of halogens is 3. The molecule has 1 N–H and O–H groups in total. The zero-order valence-corrected chi connectivity index (χ0v) is 10.1. The molecule has 0 saturated carbocycles. The van der Waals surface area contributed by atoms with E-state index in [1.807, 2.05) is 0 Å². The Morgan fingerprint density at radius 1 is 1.26 bits per heavy atom. The van der Waals surface area contributed by atoms with Crippen molar-refractivity contribution in [3.63, 3.8) is 0 Å². The van der Waals surface area contributed by atoms with Gasteiger partial charge in [0.1, 0.15) is 5.69 Å². The van der Waals surface area contributed by atoms with E-state index in [0.29, 0.717) is 5.56 Å². The minimum atomic E-state index is -4.61. The molecule has 0 amide bonds. The van der Waals surface area contributed by atoms with Gasteiger partial charge in [0.05, 0.1) is 12.6 Å². The van der Waals surface area contributed by atoms with Gasteiger partial charge in [-0.2, -0.15) is 13.2 Å². The van der Waals surface area contributed by atoms with Crippen LogP contribution < -0.4 is 0 Å². The molecule has 0 fully saturated rings. The number of aliphatic hydroxyl groups is 1. The molecule has 0 aliphatic carbocycles. The third-order valence-corrected chi connectivity index (χ3v) is 2.83. The Balaban J connectivity index is 2.49. The van der Waals surface area contributed by atoms with E-state index in [1.54, 1.807) is 37.3 Å². The van der Waals surface area contributed by atoms with Crippen LogP contribution in [0.2, 0.25) is 0 Å². The maximum absolute atomic E-state index is 13.0. The first kappa shape index (κ1) is 13.5. The molecular formula is C12H12F3N3O. The molecule has 0 aliphatic heterocycles. The largest absolute Gasteiger partial charge is 0.435 e. The molecule has 1 unspecified atom stereocenters. The highest BCUT2D eigenvalue weighted by Crippen LogP contribution is 2.33. The maximum Gasteiger partial charge on any atom is 0.435 e. The molecule has 0 saturated heterocycles. The first-order chi connectivity index (χ1) is 8.95. The second-order valence-electron chi connectivity index (χ2n) is 4.07. The molecule has 19 heavy (non-hydrogen) atoms. The summed E-state index contributed by atoms with van der Waals surface area (Å²) in [4.78, 5) is 0. The predicted molar refractivity (Wildman–Crippen MR) is 61.2 cm³/mol. The Bertz CT molecular complexity index is 551. The highest BCUT2D eigenvalue weighted by atomic mass is 19.4. The molecule has 0 radical (unpaired) electrons. The summed E-state index contributed by atoms with van der Waals surface area (Å²) >= 11 is 0. The van der Waals surface area contributed by atoms with Gasteiger partial charge in [-0.15, -0.1) is 5.10 Å². The Hall–Kier alpha value is -1.89. The molecule has 0 aliphatic rings. The Morgan fingerprint density at radius 2 is 1.89 bits per heavy atom. The van der Waals surface area contributed by atoms with Crippen molar-refractivity contribution in [3.05, 3.63) is 47.3 Å². The summed E-state index contributed by atoms with van der Waals surface area (Å²) in [6, 6.07) is 8.06. The zero-order chi connectivity index (χ0) is 14.0. The fourth-order valence-corrected chi connectivity index (χ4v) is 1.87. The van der Waals surface area contributed by atoms with Gasteiger partial charge in [-0.25, -0.2) is 4.68 Å². The number of aromatic nitrogens is 3. The van der Waals surface area contributed by atoms with E-state index in [9.17, 15) is 13.2 Å². The lowest BCUT2D eigenvalue weighted by atomic mass is 10.1. The first-order valence-electron chi connectivity index (χ1n) is 5.62. The predicted octanol–water partition coefficient (Wildman–Crippen LogP) is 2.40. The van der Waals surface area contributed by atoms with Crippen molar-refractivity contribution < 1.29 is 18.3 Å². The average molecular weight is 271 g/mol. The molecule has 1 aromatic heterocycles. The molecule has 2 aromatic rings. The summed E-state index contributed by atoms with van der Waals surface area (Å²) in [5.74, 6) is 0. The highest BCUT2D eigenvalue weighted by Gasteiger charge is 2.40. The van der Waals surface area contributed by atoms with Gasteiger partial charge in [0, 0.05) is 0 Å². The smallest absolute Gasteiger partial charge is 0.390 e. The Morgan fingerprint density at radius 3 is 2.42 bits per heavy atom. The van der Waals surface area contributed by atoms with E-state index in [1.165, 1.54) is 0 Å². The monoisotopic (exact) mass is 271 g/mol. The molecule has 1 heterocycles. The summed E-state index contributed by atoms with van der Waals surface area (Å²) in [7, 11) is 0. The van der Waals surface area contributed by atoms with Crippen molar-refractivity contribution in [2.75, 3.05) is 0 Å². The SMILES string of the molecule is CC(c1ccccc1)n1nnc(CO)c1C(F)(F)F. The topological polar surface area (TPSA) is 50.9 Å². The van der Waals surface area contributed by atoms with Crippen LogP contribution in [0.1, 0.15) is 29.9 Å². The minimum absolute atomic E-state index is 0.463. The number of hydrogen-bond donors (Lipinski definition) is 1. The van der Waals surface area contributed by atoms with Crippen LogP contribution in [0.15, 0.2) is 30.3 Å². The third kappa shape index (κ3) is 2.60. The lowest BCUT2D eigenvalue weighted by Gasteiger charge is -2.17. The number of alkyl halides is 3. The molecule has 7 heteroatoms. The standard InChI is InChI=1S/C12H12F3N3O/c1-8(9-5-3-2-4-6-9)18-11(12(13,14)15)10(7-19)16-17-18/h2-6,8,19H,7H2,1H3. The molecule has 2 rings (SSSR count). The molecular weight excluding hydrogens is 259 g/mol. The van der Waals surface area contributed by atoms with Gasteiger partial charge in [0.15, 0.2) is 5.69 Å². The summed E-state index contributed by atoms with van der Waals surface area (Å²) in [5, 5.41) is 15.8. The molecule has 0 spiro atoms. The van der Waals surface area contributed by atoms with Crippen LogP contribution in [0.4, 0.5) is 13.2 Å². The van der Waals surface area contributed by atoms with E-state index in [-0.39, 0.29) is 0 Å². The van der Waals surface area contributed by atoms with E-state index in [4.69, 9.17) is 5.11 Å². The zero-order valence-electron chi connectivity index (χ0n) is 10.1. The summed E-state index contributed by atoms with van der Waals surface area (Å²) in [6.45, 7) is 0.802. The number of hydrogen-bond acceptors (Lipinski definition) is 3. The van der Waals surface area contributed by atoms with Crippen molar-refractivity contribution in [3.8, 4) is 0 Å². The quantitative estimate of drug-likeness (QED) is 0.932. The van der Waals surface area contributed by atoms with Gasteiger partial charge in [-0.1, -0.05) is 35.5 Å². The second kappa shape index (κ2) is 5.00. The van der Waals surface area contributed by atoms with E-state index in [2.05, 4.69) is 10.3 Å². The number of benzene rings is 1. The van der Waals surface area contributed by atoms with Crippen molar-refractivity contribution in [1.82, 2.24) is 15.0 Å². The van der Waals surface area contributed by atoms with Crippen LogP contribution >= 0.6 is 0 Å². The average Bonchev–Trinajstić information content (AvgIpc) is 2.82. The fraction of sp³-hybridized carbons (Fsp3) is 0.333. The van der Waals surface area contributed by atoms with Crippen LogP contribution in [0.5, 0.6) is 0 Å². The Labute approximate surface area is 107 Å². The first-order valence-corrected chi connectivity index (χ1v) is 5.62. The van der Waals surface area contributed by atoms with Gasteiger partial charge in [0.2, 0.25) is 0 Å². The second-order valence-corrected chi connectivity index (χ2v) is 4.07. The van der Waals surface area contributed by atoms with Crippen LogP contribution in [-0.4, -0.2) is 20.1 Å². The van der Waals surface area contributed by atoms with Crippen molar-refractivity contribution in [1.29, 1.82) is 0 Å². The van der Waals surface area contributed by atoms with Gasteiger partial charge >= 0.3 is 6.18 Å². The molecule has 0 bridgehead atoms. The normalized spacial score (nSPS) is 13.5. The number of aliphatic hydroxyl groups excluding tert-OH is 1. The maximum atomic E-state index is 13.0. The van der Waals surface area contributed by atoms with Crippen LogP contribution in [0, 0.1) is 0 Å². The van der Waals surface area contributed by atoms with Crippen molar-refractivity contribution >= 4 is 0 Å². The van der Waals surface area contributed by atoms with Gasteiger partial charge in [-0.05, 0) is 12.5 Å². The molecule has 1 atom stereocenters. The van der Waals surface area contributed by atoms with Gasteiger partial charge < -0.3 is 5.11 Å². The van der Waals surface area contributed by atoms with Crippen LogP contribution in [0.3, 0.4) is 0 Å². The number of rotatable bonds is 3. The van der Waals surface area contributed by atoms with E-state index >= 15 is 0 Å². The van der Waals surface area contributed by atoms with Crippen molar-refractivity contribution in [2.24, 2.45) is 0 Å². The third-order valence-electron chi connectivity index (χ3n) is 2.83. The van der Waals surface area contributed by atoms with Crippen LogP contribution in [0.25, 0.3) is 0 Å². The van der Waals surface area contributed by atoms with Gasteiger partial charge in [-0.3, -0.25) is 0 Å². The molecule has 102 valence electrons. The summed E-state index contributed by atoms with van der Waals surface area (Å²) in [6.07, 6.45) is -4.61.